The summed E-state index contributed by atoms with van der Waals surface area (Å²) in [5.41, 5.74) is 0. The molecule has 0 saturated carbocycles. The average molecular weight is 185 g/mol. The molecule has 0 unspecified atom stereocenters. The fourth-order valence-corrected chi connectivity index (χ4v) is 0. The smallest absolute Gasteiger partial charge is 0.394 e. The molecule has 2 N–H and O–H groups in total. The van der Waals surface area contributed by atoms with Gasteiger partial charge in [-0.1, -0.05) is 0 Å². The van der Waals surface area contributed by atoms with E-state index in [0.717, 1.165) is 0 Å². The Morgan fingerprint density at radius 2 is 1.00 bits per heavy atom. The molecule has 8 heavy (non-hydrogen) atoms. The number of rotatable bonds is 0. The molecular weight excluding hydrogens is 183 g/mol. The van der Waals surface area contributed by atoms with E-state index in [4.69, 9.17) is 17.5 Å². The quantitative estimate of drug-likeness (QED) is 0.374. The maximum Gasteiger partial charge on any atom is 0.394 e. The van der Waals surface area contributed by atoms with Crippen LogP contribution in [0.3, 0.4) is 0 Å². The zero-order chi connectivity index (χ0) is 4.50. The second-order valence-corrected chi connectivity index (χ2v) is 1.34. The Kier molecular flexibility index (Phi) is 21.8. The van der Waals surface area contributed by atoms with Gasteiger partial charge < -0.3 is 11.0 Å². The molecule has 0 heterocycles. The van der Waals surface area contributed by atoms with Crippen molar-refractivity contribution in [1.82, 2.24) is 0 Å². The molecule has 1 radical (unpaired) electrons. The van der Waals surface area contributed by atoms with Gasteiger partial charge in [-0.2, -0.15) is 8.42 Å². The molecule has 0 spiro atoms. The fourth-order valence-electron chi connectivity index (χ4n) is 0. The van der Waals surface area contributed by atoms with Crippen molar-refractivity contribution < 1.29 is 45.5 Å². The standard InChI is InChI=1S/Mn.H2O4S.2O/c;1-5(2,3)4;;/h;(H2,1,2,3,4);;/q;;2*-2. The maximum atomic E-state index is 8.74. The molecule has 0 fully saturated rings. The molecule has 0 saturated heterocycles. The molecule has 0 aromatic heterocycles. The van der Waals surface area contributed by atoms with Crippen LogP contribution in [0.2, 0.25) is 0 Å². The van der Waals surface area contributed by atoms with Gasteiger partial charge in [-0.05, 0) is 0 Å². The van der Waals surface area contributed by atoms with Crippen molar-refractivity contribution in [3.05, 3.63) is 0 Å². The Labute approximate surface area is 56.6 Å². The molecular formula is H2MnO6S-4. The van der Waals surface area contributed by atoms with Crippen LogP contribution in [0.25, 0.3) is 0 Å². The zero-order valence-corrected chi connectivity index (χ0v) is 5.31. The van der Waals surface area contributed by atoms with Gasteiger partial charge in [0.15, 0.2) is 0 Å². The van der Waals surface area contributed by atoms with Crippen molar-refractivity contribution in [3.8, 4) is 0 Å². The van der Waals surface area contributed by atoms with Crippen LogP contribution >= 0.6 is 0 Å². The molecule has 0 aliphatic carbocycles. The van der Waals surface area contributed by atoms with E-state index in [1.807, 2.05) is 0 Å². The summed E-state index contributed by atoms with van der Waals surface area (Å²) in [7, 11) is -4.67. The Morgan fingerprint density at radius 3 is 1.00 bits per heavy atom. The summed E-state index contributed by atoms with van der Waals surface area (Å²) in [4.78, 5) is 0. The van der Waals surface area contributed by atoms with Crippen LogP contribution in [0.1, 0.15) is 0 Å². The minimum atomic E-state index is -4.67. The molecule has 0 rings (SSSR count). The van der Waals surface area contributed by atoms with E-state index in [2.05, 4.69) is 0 Å². The van der Waals surface area contributed by atoms with E-state index < -0.39 is 10.4 Å². The third-order valence-corrected chi connectivity index (χ3v) is 0. The third kappa shape index (κ3) is 1860. The van der Waals surface area contributed by atoms with Crippen LogP contribution < -0.4 is 0 Å². The van der Waals surface area contributed by atoms with E-state index in [-0.39, 0.29) is 28.0 Å². The van der Waals surface area contributed by atoms with Gasteiger partial charge in [-0.3, -0.25) is 9.11 Å². The van der Waals surface area contributed by atoms with Crippen LogP contribution in [0.15, 0.2) is 0 Å². The first kappa shape index (κ1) is 23.9. The molecule has 6 nitrogen and oxygen atoms in total. The summed E-state index contributed by atoms with van der Waals surface area (Å²) >= 11 is 0. The third-order valence-electron chi connectivity index (χ3n) is 0. The first-order chi connectivity index (χ1) is 2.00. The monoisotopic (exact) mass is 185 g/mol. The topological polar surface area (TPSA) is 132 Å². The molecule has 0 aromatic carbocycles. The maximum absolute atomic E-state index is 8.74. The van der Waals surface area contributed by atoms with Crippen molar-refractivity contribution in [2.45, 2.75) is 0 Å². The van der Waals surface area contributed by atoms with Gasteiger partial charge in [-0.15, -0.1) is 0 Å². The predicted octanol–water partition coefficient (Wildman–Crippen LogP) is -0.893. The molecule has 0 atom stereocenters. The minimum Gasteiger partial charge on any atom is -2.00 e. The van der Waals surface area contributed by atoms with Gasteiger partial charge in [0.25, 0.3) is 0 Å². The summed E-state index contributed by atoms with van der Waals surface area (Å²) in [6.07, 6.45) is 0. The summed E-state index contributed by atoms with van der Waals surface area (Å²) in [6, 6.07) is 0. The average Bonchev–Trinajstić information content (AvgIpc) is 0.722. The van der Waals surface area contributed by atoms with Crippen molar-refractivity contribution in [1.29, 1.82) is 0 Å². The zero-order valence-electron chi connectivity index (χ0n) is 3.31. The van der Waals surface area contributed by atoms with Crippen LogP contribution in [0.4, 0.5) is 0 Å². The van der Waals surface area contributed by atoms with Crippen molar-refractivity contribution in [3.63, 3.8) is 0 Å². The summed E-state index contributed by atoms with van der Waals surface area (Å²) < 4.78 is 31.6. The van der Waals surface area contributed by atoms with E-state index in [0.29, 0.717) is 0 Å². The van der Waals surface area contributed by atoms with Crippen LogP contribution in [0, 0.1) is 0 Å². The SMILES string of the molecule is O=S(=O)(O)O.[Mn].[O-2].[O-2]. The summed E-state index contributed by atoms with van der Waals surface area (Å²) in [5, 5.41) is 0. The first-order valence-corrected chi connectivity index (χ1v) is 2.10. The largest absolute Gasteiger partial charge is 2.00 e. The normalized spacial score (nSPS) is 7.25. The number of hydrogen-bond donors (Lipinski definition) is 2. The van der Waals surface area contributed by atoms with Gasteiger partial charge >= 0.3 is 10.4 Å². The molecule has 0 amide bonds. The van der Waals surface area contributed by atoms with Crippen LogP contribution in [0.5, 0.6) is 0 Å². The van der Waals surface area contributed by atoms with E-state index in [1.165, 1.54) is 0 Å². The van der Waals surface area contributed by atoms with E-state index in [1.54, 1.807) is 0 Å². The Bertz CT molecular complexity index is 91.7. The fraction of sp³-hybridized carbons (Fsp3) is 0. The molecule has 0 aliphatic heterocycles. The Morgan fingerprint density at radius 1 is 1.00 bits per heavy atom. The summed E-state index contributed by atoms with van der Waals surface area (Å²) in [6.45, 7) is 0. The van der Waals surface area contributed by atoms with Crippen molar-refractivity contribution >= 4 is 10.4 Å². The predicted molar refractivity (Wildman–Crippen MR) is 15.6 cm³/mol. The van der Waals surface area contributed by atoms with Crippen LogP contribution in [-0.2, 0) is 38.4 Å². The molecule has 0 aliphatic rings. The van der Waals surface area contributed by atoms with E-state index in [9.17, 15) is 0 Å². The Balaban J connectivity index is -0.0000000267. The van der Waals surface area contributed by atoms with Gasteiger partial charge in [0.05, 0.1) is 0 Å². The van der Waals surface area contributed by atoms with Gasteiger partial charge in [0.1, 0.15) is 0 Å². The Hall–Kier alpha value is 0.309. The molecule has 55 valence electrons. The van der Waals surface area contributed by atoms with Crippen molar-refractivity contribution in [2.24, 2.45) is 0 Å². The van der Waals surface area contributed by atoms with Gasteiger partial charge in [-0.25, -0.2) is 0 Å². The minimum absolute atomic E-state index is 0. The van der Waals surface area contributed by atoms with E-state index >= 15 is 0 Å². The second-order valence-electron chi connectivity index (χ2n) is 0.448. The van der Waals surface area contributed by atoms with Gasteiger partial charge in [0, 0.05) is 17.1 Å². The summed E-state index contributed by atoms with van der Waals surface area (Å²) in [5.74, 6) is 0. The van der Waals surface area contributed by atoms with Crippen LogP contribution in [-0.4, -0.2) is 17.5 Å². The molecule has 0 bridgehead atoms. The van der Waals surface area contributed by atoms with Crippen molar-refractivity contribution in [2.75, 3.05) is 0 Å². The first-order valence-electron chi connectivity index (χ1n) is 0.698. The van der Waals surface area contributed by atoms with Gasteiger partial charge in [0.2, 0.25) is 0 Å². The second kappa shape index (κ2) is 7.31. The molecule has 0 aromatic rings. The number of hydrogen-bond acceptors (Lipinski definition) is 2. The molecule has 8 heteroatoms.